The fourth-order valence-corrected chi connectivity index (χ4v) is 3.79. The van der Waals surface area contributed by atoms with Crippen LogP contribution in [0.15, 0.2) is 24.4 Å². The van der Waals surface area contributed by atoms with Crippen LogP contribution in [-0.4, -0.2) is 53.3 Å². The van der Waals surface area contributed by atoms with E-state index in [1.165, 1.54) is 16.8 Å². The van der Waals surface area contributed by atoms with Crippen LogP contribution in [0.5, 0.6) is 0 Å². The van der Waals surface area contributed by atoms with Crippen LogP contribution in [0.4, 0.5) is 5.69 Å². The zero-order valence-electron chi connectivity index (χ0n) is 15.4. The number of nitrogens with one attached hydrogen (secondary N) is 1. The van der Waals surface area contributed by atoms with Gasteiger partial charge in [-0.1, -0.05) is 0 Å². The maximum Gasteiger partial charge on any atom is 0.161 e. The van der Waals surface area contributed by atoms with Crippen molar-refractivity contribution in [1.29, 1.82) is 5.26 Å². The van der Waals surface area contributed by atoms with Crippen LogP contribution in [0.25, 0.3) is 22.3 Å². The average Bonchev–Trinajstić information content (AvgIpc) is 3.05. The molecule has 0 radical (unpaired) electrons. The summed E-state index contributed by atoms with van der Waals surface area (Å²) in [6.07, 6.45) is 1.68. The summed E-state index contributed by atoms with van der Waals surface area (Å²) in [6, 6.07) is 8.49. The second-order valence-electron chi connectivity index (χ2n) is 7.05. The molecule has 6 heteroatoms. The van der Waals surface area contributed by atoms with Gasteiger partial charge in [0.15, 0.2) is 5.65 Å². The van der Waals surface area contributed by atoms with E-state index in [0.29, 0.717) is 11.2 Å². The molecule has 0 atom stereocenters. The number of aromatic nitrogens is 3. The highest BCUT2D eigenvalue weighted by molar-refractivity contribution is 5.85. The Morgan fingerprint density at radius 3 is 2.38 bits per heavy atom. The monoisotopic (exact) mass is 346 g/mol. The van der Waals surface area contributed by atoms with Crippen LogP contribution in [0.3, 0.4) is 0 Å². The quantitative estimate of drug-likeness (QED) is 0.772. The summed E-state index contributed by atoms with van der Waals surface area (Å²) in [5.74, 6) is 0. The van der Waals surface area contributed by atoms with Gasteiger partial charge in [0.25, 0.3) is 0 Å². The normalized spacial score (nSPS) is 15.4. The number of likely N-dealkylation sites (N-methyl/N-ethyl adjacent to an activating group) is 1. The lowest BCUT2D eigenvalue weighted by molar-refractivity contribution is 0.312. The van der Waals surface area contributed by atoms with Gasteiger partial charge in [0.05, 0.1) is 11.3 Å². The van der Waals surface area contributed by atoms with Gasteiger partial charge in [0.2, 0.25) is 0 Å². The molecule has 2 aromatic heterocycles. The molecule has 1 saturated heterocycles. The molecular weight excluding hydrogens is 324 g/mol. The van der Waals surface area contributed by atoms with Gasteiger partial charge in [-0.25, -0.2) is 0 Å². The van der Waals surface area contributed by atoms with Gasteiger partial charge in [0, 0.05) is 49.0 Å². The molecule has 1 N–H and O–H groups in total. The molecule has 132 valence electrons. The molecule has 1 aromatic carbocycles. The first-order valence-corrected chi connectivity index (χ1v) is 8.87. The van der Waals surface area contributed by atoms with Crippen molar-refractivity contribution in [2.75, 3.05) is 38.1 Å². The highest BCUT2D eigenvalue weighted by Crippen LogP contribution is 2.31. The van der Waals surface area contributed by atoms with E-state index in [0.717, 1.165) is 42.8 Å². The lowest BCUT2D eigenvalue weighted by atomic mass is 10.00. The van der Waals surface area contributed by atoms with E-state index in [1.54, 1.807) is 6.20 Å². The number of aromatic amines is 1. The smallest absolute Gasteiger partial charge is 0.161 e. The van der Waals surface area contributed by atoms with E-state index in [1.807, 2.05) is 6.07 Å². The molecule has 0 amide bonds. The second kappa shape index (κ2) is 6.43. The standard InChI is InChI=1S/C20H22N6/c1-13-8-15(9-14(2)19(13)26-6-4-25(3)5-7-26)18-10-17-16(11-21)12-22-20(17)24-23-18/h8-10,12H,4-7H2,1-3H3,(H,22,24). The molecule has 3 aromatic rings. The van der Waals surface area contributed by atoms with Gasteiger partial charge in [-0.15, -0.1) is 10.2 Å². The Morgan fingerprint density at radius 2 is 1.73 bits per heavy atom. The highest BCUT2D eigenvalue weighted by atomic mass is 15.2. The van der Waals surface area contributed by atoms with Gasteiger partial charge in [0.1, 0.15) is 6.07 Å². The van der Waals surface area contributed by atoms with Crippen molar-refractivity contribution in [3.63, 3.8) is 0 Å². The van der Waals surface area contributed by atoms with Gasteiger partial charge in [-0.2, -0.15) is 5.26 Å². The number of piperazine rings is 1. The fraction of sp³-hybridized carbons (Fsp3) is 0.350. The third-order valence-electron chi connectivity index (χ3n) is 5.16. The molecule has 1 aliphatic rings. The minimum atomic E-state index is 0.596. The van der Waals surface area contributed by atoms with Crippen LogP contribution in [-0.2, 0) is 0 Å². The van der Waals surface area contributed by atoms with Crippen molar-refractivity contribution in [3.05, 3.63) is 41.1 Å². The molecule has 4 rings (SSSR count). The number of nitriles is 1. The number of aryl methyl sites for hydroxylation is 2. The molecule has 0 spiro atoms. The van der Waals surface area contributed by atoms with Crippen LogP contribution in [0.1, 0.15) is 16.7 Å². The maximum atomic E-state index is 9.25. The first-order valence-electron chi connectivity index (χ1n) is 8.87. The predicted molar refractivity (Wildman–Crippen MR) is 103 cm³/mol. The first-order chi connectivity index (χ1) is 12.6. The van der Waals surface area contributed by atoms with Gasteiger partial charge in [-0.3, -0.25) is 0 Å². The van der Waals surface area contributed by atoms with Crippen molar-refractivity contribution < 1.29 is 0 Å². The molecule has 1 fully saturated rings. The zero-order valence-corrected chi connectivity index (χ0v) is 15.4. The van der Waals surface area contributed by atoms with E-state index in [-0.39, 0.29) is 0 Å². The summed E-state index contributed by atoms with van der Waals surface area (Å²) in [5.41, 5.74) is 6.91. The topological polar surface area (TPSA) is 71.8 Å². The predicted octanol–water partition coefficient (Wildman–Crippen LogP) is 2.87. The van der Waals surface area contributed by atoms with Gasteiger partial charge < -0.3 is 14.8 Å². The van der Waals surface area contributed by atoms with Crippen molar-refractivity contribution in [2.24, 2.45) is 0 Å². The van der Waals surface area contributed by atoms with Crippen LogP contribution in [0.2, 0.25) is 0 Å². The van der Waals surface area contributed by atoms with Crippen molar-refractivity contribution in [3.8, 4) is 17.3 Å². The number of benzene rings is 1. The van der Waals surface area contributed by atoms with E-state index in [4.69, 9.17) is 0 Å². The Morgan fingerprint density at radius 1 is 1.04 bits per heavy atom. The van der Waals surface area contributed by atoms with Gasteiger partial charge in [-0.05, 0) is 50.2 Å². The van der Waals surface area contributed by atoms with E-state index < -0.39 is 0 Å². The van der Waals surface area contributed by atoms with Crippen molar-refractivity contribution in [2.45, 2.75) is 13.8 Å². The minimum absolute atomic E-state index is 0.596. The Hall–Kier alpha value is -2.91. The first kappa shape index (κ1) is 16.6. The van der Waals surface area contributed by atoms with Crippen LogP contribution < -0.4 is 4.90 Å². The molecular formula is C20H22N6. The summed E-state index contributed by atoms with van der Waals surface area (Å²) in [6.45, 7) is 8.61. The summed E-state index contributed by atoms with van der Waals surface area (Å²) >= 11 is 0. The average molecular weight is 346 g/mol. The summed E-state index contributed by atoms with van der Waals surface area (Å²) in [7, 11) is 2.17. The number of nitrogens with zero attached hydrogens (tertiary/aromatic N) is 5. The van der Waals surface area contributed by atoms with E-state index in [9.17, 15) is 5.26 Å². The number of anilines is 1. The third kappa shape index (κ3) is 2.80. The summed E-state index contributed by atoms with van der Waals surface area (Å²) < 4.78 is 0. The number of H-pyrrole nitrogens is 1. The summed E-state index contributed by atoms with van der Waals surface area (Å²) in [4.78, 5) is 7.83. The maximum absolute atomic E-state index is 9.25. The number of rotatable bonds is 2. The van der Waals surface area contributed by atoms with Crippen molar-refractivity contribution >= 4 is 16.7 Å². The molecule has 6 nitrogen and oxygen atoms in total. The Bertz CT molecular complexity index is 982. The Balaban J connectivity index is 1.73. The van der Waals surface area contributed by atoms with Crippen molar-refractivity contribution in [1.82, 2.24) is 20.1 Å². The number of fused-ring (bicyclic) bond motifs is 1. The zero-order chi connectivity index (χ0) is 18.3. The Kier molecular flexibility index (Phi) is 4.09. The van der Waals surface area contributed by atoms with E-state index in [2.05, 4.69) is 64.1 Å². The second-order valence-corrected chi connectivity index (χ2v) is 7.05. The SMILES string of the molecule is Cc1cc(-c2cc3c(C#N)c[nH]c3nn2)cc(C)c1N1CCN(C)CC1. The molecule has 0 bridgehead atoms. The highest BCUT2D eigenvalue weighted by Gasteiger charge is 2.19. The number of hydrogen-bond acceptors (Lipinski definition) is 5. The lowest BCUT2D eigenvalue weighted by Gasteiger charge is -2.36. The van der Waals surface area contributed by atoms with Gasteiger partial charge >= 0.3 is 0 Å². The van der Waals surface area contributed by atoms with Crippen LogP contribution >= 0.6 is 0 Å². The molecule has 0 aliphatic carbocycles. The fourth-order valence-electron chi connectivity index (χ4n) is 3.79. The third-order valence-corrected chi connectivity index (χ3v) is 5.16. The molecule has 3 heterocycles. The Labute approximate surface area is 153 Å². The van der Waals surface area contributed by atoms with Crippen LogP contribution in [0, 0.1) is 25.2 Å². The largest absolute Gasteiger partial charge is 0.369 e. The number of hydrogen-bond donors (Lipinski definition) is 1. The minimum Gasteiger partial charge on any atom is -0.369 e. The summed E-state index contributed by atoms with van der Waals surface area (Å²) in [5, 5.41) is 18.6. The molecule has 0 saturated carbocycles. The molecule has 0 unspecified atom stereocenters. The van der Waals surface area contributed by atoms with E-state index >= 15 is 0 Å². The molecule has 1 aliphatic heterocycles. The lowest BCUT2D eigenvalue weighted by Crippen LogP contribution is -2.45. The molecule has 26 heavy (non-hydrogen) atoms.